The van der Waals surface area contributed by atoms with E-state index < -0.39 is 31.0 Å². The van der Waals surface area contributed by atoms with Crippen LogP contribution in [0, 0.1) is 5.82 Å². The molecule has 0 bridgehead atoms. The van der Waals surface area contributed by atoms with Crippen molar-refractivity contribution in [3.8, 4) is 0 Å². The van der Waals surface area contributed by atoms with Gasteiger partial charge >= 0.3 is 0 Å². The van der Waals surface area contributed by atoms with E-state index in [1.165, 1.54) is 0 Å². The molecule has 0 spiro atoms. The minimum atomic E-state index is -4.07. The van der Waals surface area contributed by atoms with Gasteiger partial charge in [0.2, 0.25) is 10.0 Å². The van der Waals surface area contributed by atoms with Crippen molar-refractivity contribution >= 4 is 33.2 Å². The van der Waals surface area contributed by atoms with Gasteiger partial charge in [0.25, 0.3) is 0 Å². The second-order valence-corrected chi connectivity index (χ2v) is 4.34. The fourth-order valence-corrected chi connectivity index (χ4v) is 1.82. The van der Waals surface area contributed by atoms with Crippen molar-refractivity contribution in [2.24, 2.45) is 5.14 Å². The molecule has 0 saturated carbocycles. The lowest BCUT2D eigenvalue weighted by Crippen LogP contribution is -2.13. The molecule has 4 nitrogen and oxygen atoms in total. The van der Waals surface area contributed by atoms with Gasteiger partial charge in [0.15, 0.2) is 16.1 Å². The van der Waals surface area contributed by atoms with Crippen LogP contribution in [-0.4, -0.2) is 13.4 Å². The van der Waals surface area contributed by atoms with Crippen LogP contribution in [-0.2, 0) is 10.0 Å². The second-order valence-electron chi connectivity index (χ2n) is 2.09. The summed E-state index contributed by atoms with van der Waals surface area (Å²) in [6, 6.07) is 0.618. The van der Waals surface area contributed by atoms with Crippen molar-refractivity contribution in [3.63, 3.8) is 0 Å². The third-order valence-corrected chi connectivity index (χ3v) is 2.75. The van der Waals surface area contributed by atoms with E-state index in [0.717, 1.165) is 0 Å². The molecule has 0 radical (unpaired) electrons. The van der Waals surface area contributed by atoms with Crippen LogP contribution in [0.15, 0.2) is 11.0 Å². The van der Waals surface area contributed by atoms with Crippen molar-refractivity contribution in [1.29, 1.82) is 0 Å². The van der Waals surface area contributed by atoms with E-state index in [4.69, 9.17) is 28.3 Å². The molecule has 13 heavy (non-hydrogen) atoms. The molecule has 0 fully saturated rings. The van der Waals surface area contributed by atoms with Crippen LogP contribution < -0.4 is 5.14 Å². The molecule has 0 amide bonds. The number of pyridine rings is 1. The highest BCUT2D eigenvalue weighted by Crippen LogP contribution is 2.22. The molecule has 0 aromatic carbocycles. The Morgan fingerprint density at radius 1 is 1.38 bits per heavy atom. The van der Waals surface area contributed by atoms with Gasteiger partial charge in [0.05, 0.1) is 0 Å². The topological polar surface area (TPSA) is 73.1 Å². The molecule has 0 aliphatic rings. The number of hydrogen-bond acceptors (Lipinski definition) is 3. The van der Waals surface area contributed by atoms with Crippen LogP contribution in [0.2, 0.25) is 10.3 Å². The molecule has 0 unspecified atom stereocenters. The summed E-state index contributed by atoms with van der Waals surface area (Å²) in [5, 5.41) is 3.76. The zero-order valence-electron chi connectivity index (χ0n) is 5.96. The van der Waals surface area contributed by atoms with Gasteiger partial charge in [-0.3, -0.25) is 0 Å². The highest BCUT2D eigenvalue weighted by molar-refractivity contribution is 7.89. The Bertz CT molecular complexity index is 448. The molecule has 1 aromatic rings. The molecule has 0 aliphatic carbocycles. The maximum absolute atomic E-state index is 12.7. The highest BCUT2D eigenvalue weighted by atomic mass is 35.5. The largest absolute Gasteiger partial charge is 0.241 e. The Morgan fingerprint density at radius 2 is 1.92 bits per heavy atom. The molecule has 0 atom stereocenters. The van der Waals surface area contributed by atoms with Crippen molar-refractivity contribution < 1.29 is 12.8 Å². The molecule has 8 heteroatoms. The number of halogens is 3. The van der Waals surface area contributed by atoms with E-state index in [0.29, 0.717) is 6.07 Å². The molecule has 72 valence electrons. The van der Waals surface area contributed by atoms with Crippen molar-refractivity contribution in [1.82, 2.24) is 4.98 Å². The number of sulfonamides is 1. The van der Waals surface area contributed by atoms with Crippen molar-refractivity contribution in [3.05, 3.63) is 22.2 Å². The summed E-state index contributed by atoms with van der Waals surface area (Å²) in [6.07, 6.45) is 0. The average Bonchev–Trinajstić information content (AvgIpc) is 1.94. The number of primary sulfonamides is 1. The number of nitrogens with two attached hydrogens (primary N) is 1. The zero-order valence-corrected chi connectivity index (χ0v) is 8.29. The zero-order chi connectivity index (χ0) is 10.2. The average molecular weight is 245 g/mol. The van der Waals surface area contributed by atoms with Crippen LogP contribution in [0.3, 0.4) is 0 Å². The molecule has 1 heterocycles. The van der Waals surface area contributed by atoms with Gasteiger partial charge in [-0.2, -0.15) is 0 Å². The predicted octanol–water partition coefficient (Wildman–Crippen LogP) is 1.17. The summed E-state index contributed by atoms with van der Waals surface area (Å²) < 4.78 is 34.2. The van der Waals surface area contributed by atoms with E-state index in [1.807, 2.05) is 0 Å². The molecule has 1 rings (SSSR count). The highest BCUT2D eigenvalue weighted by Gasteiger charge is 2.17. The molecular formula is C5H3Cl2FN2O2S. The van der Waals surface area contributed by atoms with Gasteiger partial charge < -0.3 is 0 Å². The van der Waals surface area contributed by atoms with Gasteiger partial charge in [-0.1, -0.05) is 23.2 Å². The summed E-state index contributed by atoms with van der Waals surface area (Å²) >= 11 is 10.6. The van der Waals surface area contributed by atoms with Gasteiger partial charge in [-0.05, 0) is 0 Å². The Hall–Kier alpha value is -0.430. The van der Waals surface area contributed by atoms with Crippen LogP contribution >= 0.6 is 23.2 Å². The number of rotatable bonds is 1. The maximum Gasteiger partial charge on any atom is 0.241 e. The first-order chi connectivity index (χ1) is 5.82. The summed E-state index contributed by atoms with van der Waals surface area (Å²) in [5.74, 6) is -0.991. The first kappa shape index (κ1) is 10.6. The summed E-state index contributed by atoms with van der Waals surface area (Å²) in [7, 11) is -4.07. The standard InChI is InChI=1S/C5H3Cl2FN2O2S/c6-4-2(8)1-3(5(7)10-4)13(9,11)12/h1H,(H2,9,11,12). The Morgan fingerprint density at radius 3 is 2.38 bits per heavy atom. The van der Waals surface area contributed by atoms with Crippen molar-refractivity contribution in [2.45, 2.75) is 4.90 Å². The number of nitrogens with zero attached hydrogens (tertiary/aromatic N) is 1. The molecule has 0 aliphatic heterocycles. The van der Waals surface area contributed by atoms with Gasteiger partial charge in [-0.15, -0.1) is 0 Å². The quantitative estimate of drug-likeness (QED) is 0.755. The van der Waals surface area contributed by atoms with E-state index in [2.05, 4.69) is 4.98 Å². The SMILES string of the molecule is NS(=O)(=O)c1cc(F)c(Cl)nc1Cl. The fraction of sp³-hybridized carbons (Fsp3) is 0. The maximum atomic E-state index is 12.7. The Balaban J connectivity index is 3.50. The lowest BCUT2D eigenvalue weighted by molar-refractivity contribution is 0.590. The fourth-order valence-electron chi connectivity index (χ4n) is 0.628. The lowest BCUT2D eigenvalue weighted by Gasteiger charge is -2.01. The minimum Gasteiger partial charge on any atom is -0.225 e. The van der Waals surface area contributed by atoms with E-state index in [9.17, 15) is 12.8 Å². The van der Waals surface area contributed by atoms with Crippen LogP contribution in [0.5, 0.6) is 0 Å². The third-order valence-electron chi connectivity index (χ3n) is 1.16. The molecule has 0 saturated heterocycles. The molecule has 2 N–H and O–H groups in total. The minimum absolute atomic E-state index is 0.450. The van der Waals surface area contributed by atoms with E-state index in [1.54, 1.807) is 0 Å². The molecular weight excluding hydrogens is 242 g/mol. The smallest absolute Gasteiger partial charge is 0.225 e. The lowest BCUT2D eigenvalue weighted by atomic mass is 10.5. The van der Waals surface area contributed by atoms with Crippen molar-refractivity contribution in [2.75, 3.05) is 0 Å². The monoisotopic (exact) mass is 244 g/mol. The third kappa shape index (κ3) is 2.28. The van der Waals surface area contributed by atoms with Gasteiger partial charge in [0, 0.05) is 6.07 Å². The summed E-state index contributed by atoms with van der Waals surface area (Å²) in [6.45, 7) is 0. The Kier molecular flexibility index (Phi) is 2.76. The van der Waals surface area contributed by atoms with Gasteiger partial charge in [0.1, 0.15) is 4.90 Å². The van der Waals surface area contributed by atoms with Crippen LogP contribution in [0.25, 0.3) is 0 Å². The number of aromatic nitrogens is 1. The summed E-state index contributed by atoms with van der Waals surface area (Å²) in [5.41, 5.74) is 0. The normalized spacial score (nSPS) is 11.7. The summed E-state index contributed by atoms with van der Waals surface area (Å²) in [4.78, 5) is 2.65. The van der Waals surface area contributed by atoms with E-state index in [-0.39, 0.29) is 0 Å². The van der Waals surface area contributed by atoms with Crippen LogP contribution in [0.1, 0.15) is 0 Å². The molecule has 1 aromatic heterocycles. The number of hydrogen-bond donors (Lipinski definition) is 1. The van der Waals surface area contributed by atoms with E-state index >= 15 is 0 Å². The Labute approximate surface area is 83.5 Å². The first-order valence-corrected chi connectivity index (χ1v) is 5.17. The van der Waals surface area contributed by atoms with Gasteiger partial charge in [-0.25, -0.2) is 22.9 Å². The predicted molar refractivity (Wildman–Crippen MR) is 45.6 cm³/mol. The second kappa shape index (κ2) is 3.38. The first-order valence-electron chi connectivity index (χ1n) is 2.86. The van der Waals surface area contributed by atoms with Crippen LogP contribution in [0.4, 0.5) is 4.39 Å².